The maximum absolute atomic E-state index is 13.4. The molecule has 0 aromatic heterocycles. The zero-order valence-electron chi connectivity index (χ0n) is 9.88. The van der Waals surface area contributed by atoms with E-state index >= 15 is 0 Å². The largest absolute Gasteiger partial charge is 0.497 e. The summed E-state index contributed by atoms with van der Waals surface area (Å²) in [6.07, 6.45) is -9.04. The van der Waals surface area contributed by atoms with Gasteiger partial charge in [-0.3, -0.25) is 9.53 Å². The van der Waals surface area contributed by atoms with Crippen LogP contribution in [0.15, 0.2) is 24.3 Å². The predicted molar refractivity (Wildman–Crippen MR) is 53.9 cm³/mol. The zero-order chi connectivity index (χ0) is 15.6. The molecule has 0 heterocycles. The lowest BCUT2D eigenvalue weighted by Crippen LogP contribution is -2.49. The molecule has 3 nitrogen and oxygen atoms in total. The highest BCUT2D eigenvalue weighted by molar-refractivity contribution is 5.77. The van der Waals surface area contributed by atoms with Gasteiger partial charge in [-0.25, -0.2) is 4.39 Å². The summed E-state index contributed by atoms with van der Waals surface area (Å²) in [6, 6.07) is 0.708. The first-order chi connectivity index (χ1) is 9.11. The van der Waals surface area contributed by atoms with E-state index < -0.39 is 30.0 Å². The second-order valence-corrected chi connectivity index (χ2v) is 3.57. The summed E-state index contributed by atoms with van der Waals surface area (Å²) < 4.78 is 83.4. The van der Waals surface area contributed by atoms with Crippen molar-refractivity contribution in [1.82, 2.24) is 0 Å². The predicted octanol–water partition coefficient (Wildman–Crippen LogP) is 3.40. The third kappa shape index (κ3) is 3.21. The second kappa shape index (κ2) is 5.70. The van der Waals surface area contributed by atoms with Gasteiger partial charge in [0.05, 0.1) is 7.11 Å². The summed E-state index contributed by atoms with van der Waals surface area (Å²) in [5.74, 6) is -5.10. The molecule has 112 valence electrons. The number of benzene rings is 1. The summed E-state index contributed by atoms with van der Waals surface area (Å²) in [7, 11) is 1.29. The molecular formula is C11H8F6O3. The van der Waals surface area contributed by atoms with E-state index in [1.165, 1.54) is 7.11 Å². The van der Waals surface area contributed by atoms with Crippen molar-refractivity contribution in [2.24, 2.45) is 0 Å². The van der Waals surface area contributed by atoms with Gasteiger partial charge in [0, 0.05) is 5.56 Å². The molecule has 0 saturated heterocycles. The topological polar surface area (TPSA) is 35.5 Å². The first-order valence-corrected chi connectivity index (χ1v) is 5.03. The summed E-state index contributed by atoms with van der Waals surface area (Å²) in [6.45, 7) is 0. The molecule has 1 rings (SSSR count). The molecule has 0 amide bonds. The van der Waals surface area contributed by atoms with E-state index in [1.807, 2.05) is 0 Å². The Bertz CT molecular complexity index is 472. The number of carbonyl (C=O) groups is 1. The van der Waals surface area contributed by atoms with Gasteiger partial charge in [0.25, 0.3) is 0 Å². The first-order valence-electron chi connectivity index (χ1n) is 5.03. The van der Waals surface area contributed by atoms with Crippen LogP contribution in [-0.2, 0) is 9.53 Å². The normalized spacial score (nSPS) is 16.4. The van der Waals surface area contributed by atoms with Crippen LogP contribution in [0.4, 0.5) is 26.3 Å². The van der Waals surface area contributed by atoms with Gasteiger partial charge in [-0.05, 0) is 24.3 Å². The molecule has 1 aromatic carbocycles. The van der Waals surface area contributed by atoms with Crippen molar-refractivity contribution in [2.45, 2.75) is 18.4 Å². The standard InChI is InChI=1S/C11H8F6O3/c1-19-7-4-2-6(3-5-7)8(12)20-10(14,9(13)18)11(15,16)17/h2-5,8H,1H3. The summed E-state index contributed by atoms with van der Waals surface area (Å²) in [5.41, 5.74) is -0.543. The minimum atomic E-state index is -6.05. The Morgan fingerprint density at radius 2 is 1.65 bits per heavy atom. The summed E-state index contributed by atoms with van der Waals surface area (Å²) in [5, 5.41) is 0. The SMILES string of the molecule is COc1ccc(C(F)OC(F)(C(=O)F)C(F)(F)F)cc1. The van der Waals surface area contributed by atoms with Crippen molar-refractivity contribution in [3.8, 4) is 5.75 Å². The van der Waals surface area contributed by atoms with Crippen molar-refractivity contribution in [3.63, 3.8) is 0 Å². The van der Waals surface area contributed by atoms with Gasteiger partial charge in [0.2, 0.25) is 6.36 Å². The molecule has 2 unspecified atom stereocenters. The lowest BCUT2D eigenvalue weighted by molar-refractivity contribution is -0.344. The molecule has 0 saturated carbocycles. The molecule has 0 N–H and O–H groups in total. The van der Waals surface area contributed by atoms with Crippen LogP contribution in [-0.4, -0.2) is 25.2 Å². The van der Waals surface area contributed by atoms with Crippen LogP contribution in [0.2, 0.25) is 0 Å². The lowest BCUT2D eigenvalue weighted by atomic mass is 10.2. The maximum Gasteiger partial charge on any atom is 0.459 e. The molecule has 0 aliphatic rings. The second-order valence-electron chi connectivity index (χ2n) is 3.57. The van der Waals surface area contributed by atoms with Crippen molar-refractivity contribution in [3.05, 3.63) is 29.8 Å². The molecule has 1 aromatic rings. The van der Waals surface area contributed by atoms with Crippen LogP contribution < -0.4 is 4.74 Å². The van der Waals surface area contributed by atoms with Gasteiger partial charge in [0.1, 0.15) is 5.75 Å². The van der Waals surface area contributed by atoms with Crippen LogP contribution >= 0.6 is 0 Å². The van der Waals surface area contributed by atoms with Crippen LogP contribution in [0.3, 0.4) is 0 Å². The van der Waals surface area contributed by atoms with Gasteiger partial charge < -0.3 is 4.74 Å². The molecule has 0 bridgehead atoms. The molecule has 9 heteroatoms. The number of methoxy groups -OCH3 is 1. The van der Waals surface area contributed by atoms with Gasteiger partial charge >= 0.3 is 18.1 Å². The molecule has 2 atom stereocenters. The Balaban J connectivity index is 2.96. The fraction of sp³-hybridized carbons (Fsp3) is 0.364. The van der Waals surface area contributed by atoms with Crippen molar-refractivity contribution in [2.75, 3.05) is 7.11 Å². The lowest BCUT2D eigenvalue weighted by Gasteiger charge is -2.25. The highest BCUT2D eigenvalue weighted by atomic mass is 19.4. The molecule has 0 aliphatic carbocycles. The zero-order valence-corrected chi connectivity index (χ0v) is 9.88. The number of ether oxygens (including phenoxy) is 2. The van der Waals surface area contributed by atoms with E-state index in [1.54, 1.807) is 0 Å². The molecule has 0 fully saturated rings. The van der Waals surface area contributed by atoms with Gasteiger partial charge in [-0.15, -0.1) is 0 Å². The monoisotopic (exact) mass is 302 g/mol. The van der Waals surface area contributed by atoms with E-state index in [0.717, 1.165) is 24.3 Å². The average Bonchev–Trinajstić information content (AvgIpc) is 2.37. The highest BCUT2D eigenvalue weighted by Gasteiger charge is 2.65. The minimum absolute atomic E-state index is 0.254. The maximum atomic E-state index is 13.4. The van der Waals surface area contributed by atoms with E-state index in [-0.39, 0.29) is 5.75 Å². The number of halogens is 6. The Morgan fingerprint density at radius 1 is 1.15 bits per heavy atom. The fourth-order valence-electron chi connectivity index (χ4n) is 1.19. The van der Waals surface area contributed by atoms with Gasteiger partial charge in [-0.2, -0.15) is 22.0 Å². The van der Waals surface area contributed by atoms with Crippen molar-refractivity contribution in [1.29, 1.82) is 0 Å². The van der Waals surface area contributed by atoms with Crippen molar-refractivity contribution < 1.29 is 40.6 Å². The number of rotatable bonds is 5. The Labute approximate surface area is 109 Å². The van der Waals surface area contributed by atoms with Crippen LogP contribution in [0, 0.1) is 0 Å². The van der Waals surface area contributed by atoms with Crippen LogP contribution in [0.25, 0.3) is 0 Å². The third-order valence-corrected chi connectivity index (χ3v) is 2.26. The fourth-order valence-corrected chi connectivity index (χ4v) is 1.19. The third-order valence-electron chi connectivity index (χ3n) is 2.26. The number of alkyl halides is 5. The first kappa shape index (κ1) is 16.3. The quantitative estimate of drug-likeness (QED) is 0.617. The Morgan fingerprint density at radius 3 is 2.00 bits per heavy atom. The Kier molecular flexibility index (Phi) is 4.64. The smallest absolute Gasteiger partial charge is 0.459 e. The van der Waals surface area contributed by atoms with E-state index in [2.05, 4.69) is 4.74 Å². The van der Waals surface area contributed by atoms with Crippen molar-refractivity contribution >= 4 is 6.04 Å². The Hall–Kier alpha value is -1.77. The van der Waals surface area contributed by atoms with E-state index in [9.17, 15) is 31.1 Å². The number of hydrogen-bond donors (Lipinski definition) is 0. The summed E-state index contributed by atoms with van der Waals surface area (Å²) in [4.78, 5) is 10.1. The number of hydrogen-bond acceptors (Lipinski definition) is 3. The molecule has 0 radical (unpaired) electrons. The highest BCUT2D eigenvalue weighted by Crippen LogP contribution is 2.40. The van der Waals surface area contributed by atoms with Crippen LogP contribution in [0.1, 0.15) is 11.9 Å². The van der Waals surface area contributed by atoms with Gasteiger partial charge in [-0.1, -0.05) is 0 Å². The minimum Gasteiger partial charge on any atom is -0.497 e. The molecular weight excluding hydrogens is 294 g/mol. The van der Waals surface area contributed by atoms with Gasteiger partial charge in [0.15, 0.2) is 0 Å². The number of carbonyl (C=O) groups excluding carboxylic acids is 1. The molecule has 0 aliphatic heterocycles. The molecule has 20 heavy (non-hydrogen) atoms. The average molecular weight is 302 g/mol. The summed E-state index contributed by atoms with van der Waals surface area (Å²) >= 11 is 0. The van der Waals surface area contributed by atoms with E-state index in [0.29, 0.717) is 0 Å². The van der Waals surface area contributed by atoms with E-state index in [4.69, 9.17) is 4.74 Å². The molecule has 0 spiro atoms. The van der Waals surface area contributed by atoms with Crippen LogP contribution in [0.5, 0.6) is 5.75 Å².